The summed E-state index contributed by atoms with van der Waals surface area (Å²) in [5.41, 5.74) is 5.29. The van der Waals surface area contributed by atoms with Crippen LogP contribution in [0.2, 0.25) is 0 Å². The number of nitrogens with two attached hydrogens (primary N) is 1. The van der Waals surface area contributed by atoms with E-state index in [0.29, 0.717) is 5.56 Å². The Bertz CT molecular complexity index is 839. The van der Waals surface area contributed by atoms with Crippen molar-refractivity contribution in [3.63, 3.8) is 0 Å². The molecule has 26 heavy (non-hydrogen) atoms. The molecule has 2 rings (SSSR count). The van der Waals surface area contributed by atoms with Gasteiger partial charge in [0.25, 0.3) is 0 Å². The first-order valence-electron chi connectivity index (χ1n) is 7.55. The zero-order valence-corrected chi connectivity index (χ0v) is 14.3. The van der Waals surface area contributed by atoms with Crippen molar-refractivity contribution in [2.24, 2.45) is 5.73 Å². The fourth-order valence-electron chi connectivity index (χ4n) is 2.24. The molecule has 0 saturated carbocycles. The largest absolute Gasteiger partial charge is 0.433 e. The first-order chi connectivity index (χ1) is 12.1. The average Bonchev–Trinajstić information content (AvgIpc) is 2.54. The first-order valence-corrected chi connectivity index (χ1v) is 9.20. The number of sulfonamides is 1. The summed E-state index contributed by atoms with van der Waals surface area (Å²) >= 11 is 0. The highest BCUT2D eigenvalue weighted by Gasteiger charge is 2.32. The van der Waals surface area contributed by atoms with Crippen molar-refractivity contribution in [2.45, 2.75) is 25.2 Å². The fourth-order valence-corrected chi connectivity index (χ4v) is 3.42. The van der Waals surface area contributed by atoms with Gasteiger partial charge in [-0.2, -0.15) is 13.2 Å². The van der Waals surface area contributed by atoms with E-state index in [1.54, 1.807) is 6.07 Å². The lowest BCUT2D eigenvalue weighted by atomic mass is 10.1. The molecule has 0 spiro atoms. The van der Waals surface area contributed by atoms with Crippen LogP contribution in [0.1, 0.15) is 16.8 Å². The van der Waals surface area contributed by atoms with Gasteiger partial charge >= 0.3 is 6.18 Å². The van der Waals surface area contributed by atoms with Crippen LogP contribution >= 0.6 is 0 Å². The molecule has 1 atom stereocenters. The van der Waals surface area contributed by atoms with Gasteiger partial charge in [-0.15, -0.1) is 0 Å². The highest BCUT2D eigenvalue weighted by molar-refractivity contribution is 7.89. The van der Waals surface area contributed by atoms with Crippen LogP contribution in [0.4, 0.5) is 17.6 Å². The highest BCUT2D eigenvalue weighted by Crippen LogP contribution is 2.27. The van der Waals surface area contributed by atoms with Gasteiger partial charge in [0.05, 0.1) is 5.75 Å². The summed E-state index contributed by atoms with van der Waals surface area (Å²) in [5, 5.41) is 0. The normalized spacial score (nSPS) is 13.6. The van der Waals surface area contributed by atoms with Crippen LogP contribution in [0.25, 0.3) is 0 Å². The van der Waals surface area contributed by atoms with E-state index in [0.717, 1.165) is 18.3 Å². The molecule has 1 aromatic heterocycles. The first kappa shape index (κ1) is 20.3. The van der Waals surface area contributed by atoms with E-state index in [4.69, 9.17) is 5.73 Å². The maximum Gasteiger partial charge on any atom is 0.433 e. The second kappa shape index (κ2) is 8.11. The summed E-state index contributed by atoms with van der Waals surface area (Å²) in [5.74, 6) is -0.917. The molecule has 0 aliphatic heterocycles. The smallest absolute Gasteiger partial charge is 0.326 e. The van der Waals surface area contributed by atoms with Gasteiger partial charge in [0.1, 0.15) is 11.5 Å². The predicted molar refractivity (Wildman–Crippen MR) is 87.9 cm³/mol. The third-order valence-electron chi connectivity index (χ3n) is 3.48. The van der Waals surface area contributed by atoms with E-state index in [1.807, 2.05) is 0 Å². The molecule has 1 heterocycles. The van der Waals surface area contributed by atoms with Gasteiger partial charge in [-0.3, -0.25) is 4.98 Å². The Labute approximate surface area is 148 Å². The standard InChI is InChI=1S/C16H17F4N3O2S/c17-14-4-2-1-3-12(14)7-13(21)10-26(24,25)23-9-11-5-6-15(22-8-11)16(18,19)20/h1-6,8,13,23H,7,9-10,21H2. The summed E-state index contributed by atoms with van der Waals surface area (Å²) < 4.78 is 77.2. The van der Waals surface area contributed by atoms with Gasteiger partial charge in [0, 0.05) is 18.8 Å². The van der Waals surface area contributed by atoms with Crippen LogP contribution in [-0.2, 0) is 29.2 Å². The summed E-state index contributed by atoms with van der Waals surface area (Å²) in [4.78, 5) is 3.25. The Hall–Kier alpha value is -2.04. The number of halogens is 4. The van der Waals surface area contributed by atoms with Crippen molar-refractivity contribution < 1.29 is 26.0 Å². The third-order valence-corrected chi connectivity index (χ3v) is 4.94. The number of hydrogen-bond acceptors (Lipinski definition) is 4. The van der Waals surface area contributed by atoms with E-state index in [-0.39, 0.29) is 18.5 Å². The SMILES string of the molecule is NC(Cc1ccccc1F)CS(=O)(=O)NCc1ccc(C(F)(F)F)nc1. The average molecular weight is 391 g/mol. The van der Waals surface area contributed by atoms with Crippen molar-refractivity contribution >= 4 is 10.0 Å². The lowest BCUT2D eigenvalue weighted by Crippen LogP contribution is -2.37. The molecule has 0 aliphatic rings. The molecule has 0 radical (unpaired) electrons. The van der Waals surface area contributed by atoms with Crippen LogP contribution in [0.5, 0.6) is 0 Å². The maximum absolute atomic E-state index is 13.6. The molecule has 3 N–H and O–H groups in total. The number of rotatable bonds is 7. The van der Waals surface area contributed by atoms with Crippen molar-refractivity contribution in [1.29, 1.82) is 0 Å². The zero-order valence-electron chi connectivity index (χ0n) is 13.5. The zero-order chi connectivity index (χ0) is 19.4. The number of hydrogen-bond donors (Lipinski definition) is 2. The van der Waals surface area contributed by atoms with Gasteiger partial charge in [-0.25, -0.2) is 17.5 Å². The van der Waals surface area contributed by atoms with Crippen molar-refractivity contribution in [2.75, 3.05) is 5.75 Å². The molecular formula is C16H17F4N3O2S. The summed E-state index contributed by atoms with van der Waals surface area (Å²) in [6.45, 7) is -0.222. The number of alkyl halides is 3. The van der Waals surface area contributed by atoms with E-state index < -0.39 is 39.5 Å². The maximum atomic E-state index is 13.6. The second-order valence-corrected chi connectivity index (χ2v) is 7.56. The van der Waals surface area contributed by atoms with Crippen molar-refractivity contribution in [1.82, 2.24) is 9.71 Å². The van der Waals surface area contributed by atoms with E-state index in [1.165, 1.54) is 18.2 Å². The molecule has 142 valence electrons. The molecule has 0 amide bonds. The minimum absolute atomic E-state index is 0.0371. The molecule has 0 bridgehead atoms. The Kier molecular flexibility index (Phi) is 6.32. The Morgan fingerprint density at radius 2 is 1.85 bits per heavy atom. The Morgan fingerprint density at radius 1 is 1.15 bits per heavy atom. The topological polar surface area (TPSA) is 85.1 Å². The Morgan fingerprint density at radius 3 is 2.42 bits per heavy atom. The number of nitrogens with zero attached hydrogens (tertiary/aromatic N) is 1. The van der Waals surface area contributed by atoms with Gasteiger partial charge < -0.3 is 5.73 Å². The summed E-state index contributed by atoms with van der Waals surface area (Å²) in [6.07, 6.45) is -3.57. The fraction of sp³-hybridized carbons (Fsp3) is 0.312. The quantitative estimate of drug-likeness (QED) is 0.709. The van der Waals surface area contributed by atoms with Crippen LogP contribution in [0, 0.1) is 5.82 Å². The summed E-state index contributed by atoms with van der Waals surface area (Å²) in [6, 6.07) is 6.98. The third kappa shape index (κ3) is 6.04. The Balaban J connectivity index is 1.91. The molecule has 0 aliphatic carbocycles. The van der Waals surface area contributed by atoms with Crippen LogP contribution in [0.15, 0.2) is 42.6 Å². The number of nitrogens with one attached hydrogen (secondary N) is 1. The predicted octanol–water partition coefficient (Wildman–Crippen LogP) is 2.23. The molecule has 10 heteroatoms. The molecular weight excluding hydrogens is 374 g/mol. The van der Waals surface area contributed by atoms with Crippen LogP contribution in [-0.4, -0.2) is 25.2 Å². The molecule has 0 fully saturated rings. The monoisotopic (exact) mass is 391 g/mol. The molecule has 0 saturated heterocycles. The molecule has 5 nitrogen and oxygen atoms in total. The van der Waals surface area contributed by atoms with Gasteiger partial charge in [-0.05, 0) is 29.7 Å². The van der Waals surface area contributed by atoms with Gasteiger partial charge in [-0.1, -0.05) is 24.3 Å². The van der Waals surface area contributed by atoms with Gasteiger partial charge in [0.2, 0.25) is 10.0 Å². The number of aromatic nitrogens is 1. The van der Waals surface area contributed by atoms with E-state index in [2.05, 4.69) is 9.71 Å². The van der Waals surface area contributed by atoms with Crippen LogP contribution < -0.4 is 10.5 Å². The highest BCUT2D eigenvalue weighted by atomic mass is 32.2. The molecule has 1 unspecified atom stereocenters. The number of benzene rings is 1. The van der Waals surface area contributed by atoms with Crippen molar-refractivity contribution in [3.8, 4) is 0 Å². The minimum Gasteiger partial charge on any atom is -0.326 e. The molecule has 2 aromatic rings. The minimum atomic E-state index is -4.56. The lowest BCUT2D eigenvalue weighted by molar-refractivity contribution is -0.141. The summed E-state index contributed by atoms with van der Waals surface area (Å²) in [7, 11) is -3.80. The van der Waals surface area contributed by atoms with Crippen molar-refractivity contribution in [3.05, 3.63) is 65.2 Å². The van der Waals surface area contributed by atoms with E-state index >= 15 is 0 Å². The molecule has 1 aromatic carbocycles. The van der Waals surface area contributed by atoms with E-state index in [9.17, 15) is 26.0 Å². The number of pyridine rings is 1. The van der Waals surface area contributed by atoms with Crippen LogP contribution in [0.3, 0.4) is 0 Å². The second-order valence-electron chi connectivity index (χ2n) is 5.71. The lowest BCUT2D eigenvalue weighted by Gasteiger charge is -2.14. The van der Waals surface area contributed by atoms with Gasteiger partial charge in [0.15, 0.2) is 0 Å².